The summed E-state index contributed by atoms with van der Waals surface area (Å²) < 4.78 is 24.5. The van der Waals surface area contributed by atoms with Crippen LogP contribution in [-0.2, 0) is 16.8 Å². The molecule has 0 amide bonds. The maximum absolute atomic E-state index is 14.2. The van der Waals surface area contributed by atoms with E-state index in [1.54, 1.807) is 7.11 Å². The van der Waals surface area contributed by atoms with Crippen LogP contribution in [-0.4, -0.2) is 20.3 Å². The molecule has 0 saturated heterocycles. The molecule has 1 unspecified atom stereocenters. The van der Waals surface area contributed by atoms with Crippen molar-refractivity contribution in [2.45, 2.75) is 37.8 Å². The van der Waals surface area contributed by atoms with E-state index in [0.717, 1.165) is 18.4 Å². The maximum Gasteiger partial charge on any atom is 0.130 e. The van der Waals surface area contributed by atoms with Gasteiger partial charge in [0.15, 0.2) is 0 Å². The number of hydrogen-bond donors (Lipinski definition) is 1. The first-order chi connectivity index (χ1) is 8.55. The van der Waals surface area contributed by atoms with Crippen LogP contribution in [0.4, 0.5) is 4.39 Å². The topological polar surface area (TPSA) is 44.5 Å². The van der Waals surface area contributed by atoms with E-state index in [1.807, 2.05) is 13.0 Å². The quantitative estimate of drug-likeness (QED) is 0.876. The zero-order valence-electron chi connectivity index (χ0n) is 11.1. The van der Waals surface area contributed by atoms with Gasteiger partial charge in [0.25, 0.3) is 0 Å². The second-order valence-corrected chi connectivity index (χ2v) is 5.02. The molecule has 18 heavy (non-hydrogen) atoms. The largest absolute Gasteiger partial charge is 0.496 e. The lowest BCUT2D eigenvalue weighted by molar-refractivity contribution is 0.181. The minimum Gasteiger partial charge on any atom is -0.496 e. The first-order valence-corrected chi connectivity index (χ1v) is 6.16. The van der Waals surface area contributed by atoms with Crippen molar-refractivity contribution in [3.63, 3.8) is 0 Å². The number of ether oxygens (including phenoxy) is 2. The van der Waals surface area contributed by atoms with Gasteiger partial charge in [-0.1, -0.05) is 0 Å². The highest BCUT2D eigenvalue weighted by atomic mass is 19.1. The minimum absolute atomic E-state index is 0.0456. The van der Waals surface area contributed by atoms with Crippen LogP contribution in [0.15, 0.2) is 12.1 Å². The third-order valence-electron chi connectivity index (χ3n) is 3.87. The molecule has 1 fully saturated rings. The van der Waals surface area contributed by atoms with Crippen molar-refractivity contribution in [3.05, 3.63) is 29.1 Å². The molecule has 2 N–H and O–H groups in total. The van der Waals surface area contributed by atoms with Gasteiger partial charge in [-0.25, -0.2) is 4.39 Å². The van der Waals surface area contributed by atoms with Crippen LogP contribution < -0.4 is 10.5 Å². The van der Waals surface area contributed by atoms with Gasteiger partial charge < -0.3 is 15.2 Å². The highest BCUT2D eigenvalue weighted by Crippen LogP contribution is 2.51. The molecule has 0 heterocycles. The van der Waals surface area contributed by atoms with Crippen molar-refractivity contribution < 1.29 is 13.9 Å². The Balaban J connectivity index is 2.45. The van der Waals surface area contributed by atoms with Crippen LogP contribution in [0.1, 0.15) is 30.9 Å². The first-order valence-electron chi connectivity index (χ1n) is 6.16. The summed E-state index contributed by atoms with van der Waals surface area (Å²) in [7, 11) is 3.15. The van der Waals surface area contributed by atoms with Gasteiger partial charge in [-0.15, -0.1) is 0 Å². The average molecular weight is 253 g/mol. The highest BCUT2D eigenvalue weighted by molar-refractivity contribution is 5.44. The molecular weight excluding hydrogens is 233 g/mol. The Morgan fingerprint density at radius 2 is 2.06 bits per heavy atom. The standard InChI is InChI=1S/C14H20FNO2/c1-9(16)14(4-5-14)11-6-10(8-17-2)13(18-3)7-12(11)15/h6-7,9H,4-5,8,16H2,1-3H3. The van der Waals surface area contributed by atoms with Crippen LogP contribution >= 0.6 is 0 Å². The monoisotopic (exact) mass is 253 g/mol. The van der Waals surface area contributed by atoms with Crippen molar-refractivity contribution in [1.82, 2.24) is 0 Å². The molecule has 0 bridgehead atoms. The van der Waals surface area contributed by atoms with E-state index in [4.69, 9.17) is 15.2 Å². The average Bonchev–Trinajstić information content (AvgIpc) is 3.12. The number of methoxy groups -OCH3 is 2. The third kappa shape index (κ3) is 2.10. The van der Waals surface area contributed by atoms with E-state index in [9.17, 15) is 4.39 Å². The molecule has 1 aromatic carbocycles. The van der Waals surface area contributed by atoms with Gasteiger partial charge in [-0.05, 0) is 31.4 Å². The Labute approximate surface area is 107 Å². The smallest absolute Gasteiger partial charge is 0.130 e. The molecule has 1 aliphatic carbocycles. The molecular formula is C14H20FNO2. The van der Waals surface area contributed by atoms with E-state index in [2.05, 4.69) is 0 Å². The van der Waals surface area contributed by atoms with Gasteiger partial charge in [0, 0.05) is 30.2 Å². The fraction of sp³-hybridized carbons (Fsp3) is 0.571. The van der Waals surface area contributed by atoms with Crippen LogP contribution in [0.5, 0.6) is 5.75 Å². The summed E-state index contributed by atoms with van der Waals surface area (Å²) in [6, 6.07) is 3.23. The fourth-order valence-electron chi connectivity index (χ4n) is 2.54. The molecule has 0 aromatic heterocycles. The summed E-state index contributed by atoms with van der Waals surface area (Å²) in [4.78, 5) is 0. The lowest BCUT2D eigenvalue weighted by Crippen LogP contribution is -2.32. The number of benzene rings is 1. The van der Waals surface area contributed by atoms with Gasteiger partial charge in [-0.2, -0.15) is 0 Å². The third-order valence-corrected chi connectivity index (χ3v) is 3.87. The Morgan fingerprint density at radius 1 is 1.39 bits per heavy atom. The van der Waals surface area contributed by atoms with E-state index in [-0.39, 0.29) is 17.3 Å². The first kappa shape index (κ1) is 13.3. The molecule has 100 valence electrons. The molecule has 4 heteroatoms. The zero-order valence-corrected chi connectivity index (χ0v) is 11.1. The van der Waals surface area contributed by atoms with Gasteiger partial charge in [0.1, 0.15) is 11.6 Å². The second-order valence-electron chi connectivity index (χ2n) is 5.02. The van der Waals surface area contributed by atoms with E-state index < -0.39 is 0 Å². The normalized spacial score (nSPS) is 18.5. The van der Waals surface area contributed by atoms with Crippen molar-refractivity contribution in [2.75, 3.05) is 14.2 Å². The van der Waals surface area contributed by atoms with Gasteiger partial charge in [-0.3, -0.25) is 0 Å². The molecule has 0 radical (unpaired) electrons. The summed E-state index contributed by atoms with van der Waals surface area (Å²) >= 11 is 0. The van der Waals surface area contributed by atoms with Gasteiger partial charge in [0.2, 0.25) is 0 Å². The van der Waals surface area contributed by atoms with Crippen molar-refractivity contribution >= 4 is 0 Å². The zero-order chi connectivity index (χ0) is 13.3. The van der Waals surface area contributed by atoms with Crippen LogP contribution in [0.2, 0.25) is 0 Å². The maximum atomic E-state index is 14.2. The van der Waals surface area contributed by atoms with Crippen molar-refractivity contribution in [2.24, 2.45) is 5.73 Å². The number of rotatable bonds is 5. The van der Waals surface area contributed by atoms with Crippen molar-refractivity contribution in [3.8, 4) is 5.75 Å². The molecule has 0 aliphatic heterocycles. The number of hydrogen-bond acceptors (Lipinski definition) is 3. The predicted octanol–water partition coefficient (Wildman–Crippen LogP) is 2.36. The molecule has 1 aliphatic rings. The lowest BCUT2D eigenvalue weighted by Gasteiger charge is -2.22. The van der Waals surface area contributed by atoms with Crippen LogP contribution in [0.3, 0.4) is 0 Å². The minimum atomic E-state index is -0.235. The predicted molar refractivity (Wildman–Crippen MR) is 68.2 cm³/mol. The van der Waals surface area contributed by atoms with E-state index in [1.165, 1.54) is 13.2 Å². The Kier molecular flexibility index (Phi) is 3.59. The van der Waals surface area contributed by atoms with Crippen LogP contribution in [0.25, 0.3) is 0 Å². The lowest BCUT2D eigenvalue weighted by atomic mass is 9.88. The highest BCUT2D eigenvalue weighted by Gasteiger charge is 2.49. The summed E-state index contributed by atoms with van der Waals surface area (Å²) in [6.07, 6.45) is 1.89. The summed E-state index contributed by atoms with van der Waals surface area (Å²) in [5, 5.41) is 0. The SMILES string of the molecule is COCc1cc(C2(C(C)N)CC2)c(F)cc1OC. The Morgan fingerprint density at radius 3 is 2.50 bits per heavy atom. The number of nitrogens with two attached hydrogens (primary N) is 1. The Bertz CT molecular complexity index is 442. The molecule has 2 rings (SSSR count). The molecule has 1 atom stereocenters. The molecule has 3 nitrogen and oxygen atoms in total. The fourth-order valence-corrected chi connectivity index (χ4v) is 2.54. The summed E-state index contributed by atoms with van der Waals surface area (Å²) in [5.41, 5.74) is 7.37. The Hall–Kier alpha value is -1.13. The second kappa shape index (κ2) is 4.86. The van der Waals surface area contributed by atoms with Crippen molar-refractivity contribution in [1.29, 1.82) is 0 Å². The van der Waals surface area contributed by atoms with E-state index >= 15 is 0 Å². The van der Waals surface area contributed by atoms with Crippen LogP contribution in [0, 0.1) is 5.82 Å². The molecule has 1 aromatic rings. The molecule has 0 spiro atoms. The summed E-state index contributed by atoms with van der Waals surface area (Å²) in [6.45, 7) is 2.35. The number of halogens is 1. The molecule has 1 saturated carbocycles. The summed E-state index contributed by atoms with van der Waals surface area (Å²) in [5.74, 6) is 0.292. The van der Waals surface area contributed by atoms with Gasteiger partial charge >= 0.3 is 0 Å². The van der Waals surface area contributed by atoms with E-state index in [0.29, 0.717) is 17.9 Å². The van der Waals surface area contributed by atoms with Gasteiger partial charge in [0.05, 0.1) is 13.7 Å².